The largest absolute Gasteiger partial charge is 0.356 e. The number of hydrogen-bond acceptors (Lipinski definition) is 4. The highest BCUT2D eigenvalue weighted by atomic mass is 19.1. The molecule has 1 N–H and O–H groups in total. The van der Waals surface area contributed by atoms with E-state index in [1.54, 1.807) is 18.3 Å². The van der Waals surface area contributed by atoms with Gasteiger partial charge < -0.3 is 10.2 Å². The lowest BCUT2D eigenvalue weighted by Gasteiger charge is -2.33. The topological polar surface area (TPSA) is 58.1 Å². The van der Waals surface area contributed by atoms with Gasteiger partial charge >= 0.3 is 0 Å². The van der Waals surface area contributed by atoms with Crippen LogP contribution >= 0.6 is 0 Å². The predicted molar refractivity (Wildman–Crippen MR) is 103 cm³/mol. The van der Waals surface area contributed by atoms with E-state index in [0.717, 1.165) is 43.6 Å². The van der Waals surface area contributed by atoms with Gasteiger partial charge in [0, 0.05) is 30.9 Å². The maximum atomic E-state index is 13.1. The van der Waals surface area contributed by atoms with Gasteiger partial charge in [0.15, 0.2) is 5.82 Å². The van der Waals surface area contributed by atoms with Gasteiger partial charge in [0.25, 0.3) is 0 Å². The van der Waals surface area contributed by atoms with Gasteiger partial charge in [-0.25, -0.2) is 14.4 Å². The molecule has 0 spiro atoms. The van der Waals surface area contributed by atoms with Crippen molar-refractivity contribution in [3.63, 3.8) is 0 Å². The fraction of sp³-hybridized carbons (Fsp3) is 0.476. The molecule has 1 aliphatic carbocycles. The average molecular weight is 368 g/mol. The molecule has 0 bridgehead atoms. The van der Waals surface area contributed by atoms with Crippen molar-refractivity contribution in [3.8, 4) is 11.4 Å². The molecule has 5 nitrogen and oxygen atoms in total. The molecule has 1 unspecified atom stereocenters. The zero-order valence-corrected chi connectivity index (χ0v) is 15.4. The van der Waals surface area contributed by atoms with Crippen molar-refractivity contribution in [2.24, 2.45) is 5.92 Å². The zero-order chi connectivity index (χ0) is 18.6. The number of anilines is 1. The van der Waals surface area contributed by atoms with Crippen molar-refractivity contribution < 1.29 is 9.18 Å². The molecule has 2 aromatic rings. The van der Waals surface area contributed by atoms with Crippen molar-refractivity contribution in [2.45, 2.75) is 44.6 Å². The van der Waals surface area contributed by atoms with Crippen LogP contribution in [0, 0.1) is 11.7 Å². The Bertz CT molecular complexity index is 789. The van der Waals surface area contributed by atoms with Crippen LogP contribution in [0.4, 0.5) is 10.2 Å². The average Bonchev–Trinajstić information content (AvgIpc) is 3.22. The summed E-state index contributed by atoms with van der Waals surface area (Å²) in [6.07, 6.45) is 8.26. The molecule has 1 aromatic carbocycles. The fourth-order valence-corrected chi connectivity index (χ4v) is 4.05. The number of nitrogens with one attached hydrogen (secondary N) is 1. The summed E-state index contributed by atoms with van der Waals surface area (Å²) in [6.45, 7) is 1.56. The van der Waals surface area contributed by atoms with Gasteiger partial charge in [0.05, 0.1) is 5.92 Å². The van der Waals surface area contributed by atoms with Crippen molar-refractivity contribution >= 4 is 11.7 Å². The first-order valence-electron chi connectivity index (χ1n) is 9.83. The molecule has 1 aliphatic heterocycles. The van der Waals surface area contributed by atoms with Gasteiger partial charge in [-0.2, -0.15) is 0 Å². The monoisotopic (exact) mass is 368 g/mol. The first-order chi connectivity index (χ1) is 13.2. The van der Waals surface area contributed by atoms with E-state index in [0.29, 0.717) is 18.4 Å². The van der Waals surface area contributed by atoms with Crippen molar-refractivity contribution in [1.82, 2.24) is 15.3 Å². The SMILES string of the molecule is O=C(NC1CCCC1)C1CCCN(c2ccnc(-c3ccc(F)cc3)n2)C1. The Morgan fingerprint density at radius 1 is 1.07 bits per heavy atom. The van der Waals surface area contributed by atoms with Crippen LogP contribution in [0.1, 0.15) is 38.5 Å². The first kappa shape index (κ1) is 17.9. The summed E-state index contributed by atoms with van der Waals surface area (Å²) in [5.41, 5.74) is 0.783. The third kappa shape index (κ3) is 4.26. The van der Waals surface area contributed by atoms with E-state index in [4.69, 9.17) is 0 Å². The van der Waals surface area contributed by atoms with Crippen molar-refractivity contribution in [1.29, 1.82) is 0 Å². The minimum Gasteiger partial charge on any atom is -0.356 e. The van der Waals surface area contributed by atoms with Crippen LogP contribution in [0.25, 0.3) is 11.4 Å². The molecule has 2 fully saturated rings. The molecule has 142 valence electrons. The number of rotatable bonds is 4. The highest BCUT2D eigenvalue weighted by Crippen LogP contribution is 2.25. The Labute approximate surface area is 159 Å². The van der Waals surface area contributed by atoms with E-state index < -0.39 is 0 Å². The van der Waals surface area contributed by atoms with Crippen LogP contribution in [0.15, 0.2) is 36.5 Å². The van der Waals surface area contributed by atoms with Gasteiger partial charge in [-0.3, -0.25) is 4.79 Å². The number of carbonyl (C=O) groups excluding carboxylic acids is 1. The smallest absolute Gasteiger partial charge is 0.225 e. The third-order valence-corrected chi connectivity index (χ3v) is 5.56. The second-order valence-electron chi connectivity index (χ2n) is 7.52. The van der Waals surface area contributed by atoms with Gasteiger partial charge in [0.1, 0.15) is 11.6 Å². The highest BCUT2D eigenvalue weighted by molar-refractivity contribution is 5.80. The molecule has 1 amide bonds. The first-order valence-corrected chi connectivity index (χ1v) is 9.83. The van der Waals surface area contributed by atoms with E-state index in [9.17, 15) is 9.18 Å². The molecule has 0 radical (unpaired) electrons. The highest BCUT2D eigenvalue weighted by Gasteiger charge is 2.28. The quantitative estimate of drug-likeness (QED) is 0.897. The number of benzene rings is 1. The lowest BCUT2D eigenvalue weighted by Crippen LogP contribution is -2.45. The predicted octanol–water partition coefficient (Wildman–Crippen LogP) is 3.56. The number of piperidine rings is 1. The molecule has 6 heteroatoms. The molecule has 1 saturated heterocycles. The normalized spacial score (nSPS) is 20.6. The third-order valence-electron chi connectivity index (χ3n) is 5.56. The van der Waals surface area contributed by atoms with E-state index in [-0.39, 0.29) is 17.6 Å². The Morgan fingerprint density at radius 2 is 1.85 bits per heavy atom. The number of halogens is 1. The molecular formula is C21H25FN4O. The van der Waals surface area contributed by atoms with Gasteiger partial charge in [-0.15, -0.1) is 0 Å². The summed E-state index contributed by atoms with van der Waals surface area (Å²) in [5, 5.41) is 3.23. The maximum Gasteiger partial charge on any atom is 0.225 e. The van der Waals surface area contributed by atoms with Crippen LogP contribution < -0.4 is 10.2 Å². The number of nitrogens with zero attached hydrogens (tertiary/aromatic N) is 3. The van der Waals surface area contributed by atoms with Gasteiger partial charge in [-0.05, 0) is 56.0 Å². The van der Waals surface area contributed by atoms with Gasteiger partial charge in [-0.1, -0.05) is 12.8 Å². The fourth-order valence-electron chi connectivity index (χ4n) is 4.05. The summed E-state index contributed by atoms with van der Waals surface area (Å²) in [4.78, 5) is 23.8. The molecule has 2 aliphatic rings. The molecule has 1 saturated carbocycles. The molecule has 27 heavy (non-hydrogen) atoms. The zero-order valence-electron chi connectivity index (χ0n) is 15.4. The van der Waals surface area contributed by atoms with Crippen molar-refractivity contribution in [3.05, 3.63) is 42.3 Å². The van der Waals surface area contributed by atoms with E-state index >= 15 is 0 Å². The number of carbonyl (C=O) groups is 1. The molecule has 1 atom stereocenters. The number of hydrogen-bond donors (Lipinski definition) is 1. The van der Waals surface area contributed by atoms with Crippen LogP contribution in [-0.4, -0.2) is 35.0 Å². The Balaban J connectivity index is 1.45. The Morgan fingerprint density at radius 3 is 2.63 bits per heavy atom. The molecule has 1 aromatic heterocycles. The lowest BCUT2D eigenvalue weighted by molar-refractivity contribution is -0.125. The second-order valence-corrected chi connectivity index (χ2v) is 7.52. The van der Waals surface area contributed by atoms with Gasteiger partial charge in [0.2, 0.25) is 5.91 Å². The number of amides is 1. The van der Waals surface area contributed by atoms with E-state index in [1.165, 1.54) is 25.0 Å². The number of aromatic nitrogens is 2. The summed E-state index contributed by atoms with van der Waals surface area (Å²) < 4.78 is 13.1. The van der Waals surface area contributed by atoms with E-state index in [1.807, 2.05) is 6.07 Å². The van der Waals surface area contributed by atoms with Crippen LogP contribution in [0.3, 0.4) is 0 Å². The van der Waals surface area contributed by atoms with Crippen LogP contribution in [0.5, 0.6) is 0 Å². The molecule has 4 rings (SSSR count). The minimum atomic E-state index is -0.276. The standard InChI is InChI=1S/C21H25FN4O/c22-17-9-7-15(8-10-17)20-23-12-11-19(25-20)26-13-3-4-16(14-26)21(27)24-18-5-1-2-6-18/h7-12,16,18H,1-6,13-14H2,(H,24,27). The second kappa shape index (κ2) is 8.03. The Kier molecular flexibility index (Phi) is 5.32. The summed E-state index contributed by atoms with van der Waals surface area (Å²) in [7, 11) is 0. The summed E-state index contributed by atoms with van der Waals surface area (Å²) in [6, 6.07) is 8.43. The van der Waals surface area contributed by atoms with E-state index in [2.05, 4.69) is 20.2 Å². The van der Waals surface area contributed by atoms with Crippen LogP contribution in [0.2, 0.25) is 0 Å². The molecular weight excluding hydrogens is 343 g/mol. The summed E-state index contributed by atoms with van der Waals surface area (Å²) >= 11 is 0. The maximum absolute atomic E-state index is 13.1. The van der Waals surface area contributed by atoms with Crippen LogP contribution in [-0.2, 0) is 4.79 Å². The molecule has 2 heterocycles. The Hall–Kier alpha value is -2.50. The van der Waals surface area contributed by atoms with Crippen molar-refractivity contribution in [2.75, 3.05) is 18.0 Å². The minimum absolute atomic E-state index is 0.00332. The lowest BCUT2D eigenvalue weighted by atomic mass is 9.96. The summed E-state index contributed by atoms with van der Waals surface area (Å²) in [5.74, 6) is 1.30.